The maximum Gasteiger partial charge on any atom is 0.284 e. The summed E-state index contributed by atoms with van der Waals surface area (Å²) in [5.41, 5.74) is 1.32. The minimum Gasteiger partial charge on any atom is -0.344 e. The van der Waals surface area contributed by atoms with E-state index >= 15 is 0 Å². The van der Waals surface area contributed by atoms with Crippen molar-refractivity contribution in [3.63, 3.8) is 0 Å². The lowest BCUT2D eigenvalue weighted by Gasteiger charge is -2.22. The smallest absolute Gasteiger partial charge is 0.284 e. The number of hydrogen-bond acceptors (Lipinski definition) is 2. The molecular formula is C16H23NOS. The van der Waals surface area contributed by atoms with Crippen LogP contribution in [0.5, 0.6) is 0 Å². The predicted octanol–water partition coefficient (Wildman–Crippen LogP) is 4.94. The SMILES string of the molecule is CC(C)c1ccc(SC(=O)NC2CCCCC2)cc1. The molecule has 104 valence electrons. The molecule has 1 aliphatic rings. The van der Waals surface area contributed by atoms with Crippen LogP contribution >= 0.6 is 11.8 Å². The van der Waals surface area contributed by atoms with Crippen molar-refractivity contribution < 1.29 is 4.79 Å². The second-order valence-corrected chi connectivity index (χ2v) is 6.64. The van der Waals surface area contributed by atoms with Gasteiger partial charge in [0.05, 0.1) is 0 Å². The van der Waals surface area contributed by atoms with Gasteiger partial charge in [0.2, 0.25) is 0 Å². The molecule has 0 atom stereocenters. The molecule has 1 saturated carbocycles. The number of rotatable bonds is 3. The van der Waals surface area contributed by atoms with Crippen LogP contribution in [0.25, 0.3) is 0 Å². The van der Waals surface area contributed by atoms with Crippen molar-refractivity contribution in [1.29, 1.82) is 0 Å². The fraction of sp³-hybridized carbons (Fsp3) is 0.562. The highest BCUT2D eigenvalue weighted by Gasteiger charge is 2.16. The van der Waals surface area contributed by atoms with Gasteiger partial charge < -0.3 is 5.32 Å². The molecule has 3 heteroatoms. The molecule has 1 aromatic carbocycles. The summed E-state index contributed by atoms with van der Waals surface area (Å²) in [5.74, 6) is 0.537. The molecule has 0 aliphatic heterocycles. The highest BCUT2D eigenvalue weighted by Crippen LogP contribution is 2.24. The van der Waals surface area contributed by atoms with Crippen LogP contribution in [0.1, 0.15) is 57.4 Å². The molecule has 0 bridgehead atoms. The van der Waals surface area contributed by atoms with Gasteiger partial charge in [-0.25, -0.2) is 0 Å². The van der Waals surface area contributed by atoms with Crippen LogP contribution < -0.4 is 5.32 Å². The zero-order chi connectivity index (χ0) is 13.7. The summed E-state index contributed by atoms with van der Waals surface area (Å²) in [6.07, 6.45) is 6.09. The minimum absolute atomic E-state index is 0.0872. The van der Waals surface area contributed by atoms with Gasteiger partial charge in [0.25, 0.3) is 5.24 Å². The van der Waals surface area contributed by atoms with E-state index in [1.165, 1.54) is 36.6 Å². The van der Waals surface area contributed by atoms with E-state index in [9.17, 15) is 4.79 Å². The molecule has 2 rings (SSSR count). The molecule has 0 aromatic heterocycles. The number of nitrogens with one attached hydrogen (secondary N) is 1. The molecule has 0 unspecified atom stereocenters. The van der Waals surface area contributed by atoms with Gasteiger partial charge in [-0.05, 0) is 48.2 Å². The summed E-state index contributed by atoms with van der Waals surface area (Å²) in [7, 11) is 0. The summed E-state index contributed by atoms with van der Waals surface area (Å²) in [5, 5.41) is 3.22. The third-order valence-corrected chi connectivity index (χ3v) is 4.50. The monoisotopic (exact) mass is 277 g/mol. The summed E-state index contributed by atoms with van der Waals surface area (Å²) >= 11 is 1.31. The first-order valence-electron chi connectivity index (χ1n) is 7.23. The van der Waals surface area contributed by atoms with Crippen molar-refractivity contribution in [3.8, 4) is 0 Å². The third kappa shape index (κ3) is 4.57. The van der Waals surface area contributed by atoms with E-state index in [0.717, 1.165) is 17.7 Å². The van der Waals surface area contributed by atoms with Gasteiger partial charge in [0, 0.05) is 10.9 Å². The first-order valence-corrected chi connectivity index (χ1v) is 8.05. The van der Waals surface area contributed by atoms with Crippen LogP contribution in [0.4, 0.5) is 4.79 Å². The summed E-state index contributed by atoms with van der Waals surface area (Å²) < 4.78 is 0. The van der Waals surface area contributed by atoms with E-state index in [-0.39, 0.29) is 5.24 Å². The maximum atomic E-state index is 12.0. The Labute approximate surface area is 120 Å². The summed E-state index contributed by atoms with van der Waals surface area (Å²) in [6, 6.07) is 8.70. The second-order valence-electron chi connectivity index (χ2n) is 5.59. The van der Waals surface area contributed by atoms with Crippen LogP contribution in [0.15, 0.2) is 29.2 Å². The van der Waals surface area contributed by atoms with Gasteiger partial charge in [0.1, 0.15) is 0 Å². The fourth-order valence-electron chi connectivity index (χ4n) is 2.47. The average molecular weight is 277 g/mol. The van der Waals surface area contributed by atoms with Crippen molar-refractivity contribution in [2.45, 2.75) is 62.8 Å². The Morgan fingerprint density at radius 1 is 1.16 bits per heavy atom. The van der Waals surface area contributed by atoms with Crippen molar-refractivity contribution in [2.24, 2.45) is 0 Å². The van der Waals surface area contributed by atoms with Gasteiger partial charge in [-0.2, -0.15) is 0 Å². The van der Waals surface area contributed by atoms with Crippen LogP contribution in [-0.2, 0) is 0 Å². The Hall–Kier alpha value is -0.960. The average Bonchev–Trinajstić information content (AvgIpc) is 2.40. The Kier molecular flexibility index (Phi) is 5.32. The normalized spacial score (nSPS) is 16.6. The Morgan fingerprint density at radius 3 is 2.37 bits per heavy atom. The number of thioether (sulfide) groups is 1. The number of benzene rings is 1. The summed E-state index contributed by atoms with van der Waals surface area (Å²) in [6.45, 7) is 4.36. The molecule has 19 heavy (non-hydrogen) atoms. The zero-order valence-corrected chi connectivity index (χ0v) is 12.6. The van der Waals surface area contributed by atoms with E-state index in [4.69, 9.17) is 0 Å². The van der Waals surface area contributed by atoms with E-state index < -0.39 is 0 Å². The molecule has 0 heterocycles. The van der Waals surface area contributed by atoms with Crippen molar-refractivity contribution in [1.82, 2.24) is 5.32 Å². The molecule has 2 nitrogen and oxygen atoms in total. The number of carbonyl (C=O) groups excluding carboxylic acids is 1. The topological polar surface area (TPSA) is 29.1 Å². The van der Waals surface area contributed by atoms with Crippen molar-refractivity contribution in [2.75, 3.05) is 0 Å². The molecule has 1 fully saturated rings. The zero-order valence-electron chi connectivity index (χ0n) is 11.8. The van der Waals surface area contributed by atoms with Crippen LogP contribution in [0, 0.1) is 0 Å². The third-order valence-electron chi connectivity index (χ3n) is 3.68. The predicted molar refractivity (Wildman–Crippen MR) is 81.8 cm³/mol. The minimum atomic E-state index is 0.0872. The van der Waals surface area contributed by atoms with Crippen molar-refractivity contribution in [3.05, 3.63) is 29.8 Å². The van der Waals surface area contributed by atoms with Crippen LogP contribution in [0.3, 0.4) is 0 Å². The van der Waals surface area contributed by atoms with Gasteiger partial charge in [-0.15, -0.1) is 0 Å². The molecule has 0 saturated heterocycles. The van der Waals surface area contributed by atoms with E-state index in [1.54, 1.807) is 0 Å². The molecule has 0 spiro atoms. The maximum absolute atomic E-state index is 12.0. The fourth-order valence-corrected chi connectivity index (χ4v) is 3.18. The number of hydrogen-bond donors (Lipinski definition) is 1. The second kappa shape index (κ2) is 6.99. The standard InChI is InChI=1S/C16H23NOS/c1-12(2)13-8-10-15(11-9-13)19-16(18)17-14-6-4-3-5-7-14/h8-12,14H,3-7H2,1-2H3,(H,17,18). The van der Waals surface area contributed by atoms with Crippen molar-refractivity contribution >= 4 is 17.0 Å². The van der Waals surface area contributed by atoms with Gasteiger partial charge in [-0.3, -0.25) is 4.79 Å². The van der Waals surface area contributed by atoms with Crippen LogP contribution in [-0.4, -0.2) is 11.3 Å². The lowest BCUT2D eigenvalue weighted by molar-refractivity contribution is 0.253. The Bertz CT molecular complexity index is 407. The van der Waals surface area contributed by atoms with Gasteiger partial charge in [-0.1, -0.05) is 45.2 Å². The highest BCUT2D eigenvalue weighted by molar-refractivity contribution is 8.13. The number of carbonyl (C=O) groups is 1. The highest BCUT2D eigenvalue weighted by atomic mass is 32.2. The molecule has 1 amide bonds. The van der Waals surface area contributed by atoms with E-state index in [1.807, 2.05) is 12.1 Å². The lowest BCUT2D eigenvalue weighted by Crippen LogP contribution is -2.33. The molecule has 1 aromatic rings. The molecular weight excluding hydrogens is 254 g/mol. The molecule has 1 N–H and O–H groups in total. The van der Waals surface area contributed by atoms with Crippen LogP contribution in [0.2, 0.25) is 0 Å². The first-order chi connectivity index (χ1) is 9.15. The molecule has 1 aliphatic carbocycles. The lowest BCUT2D eigenvalue weighted by atomic mass is 9.96. The molecule has 0 radical (unpaired) electrons. The number of amides is 1. The Balaban J connectivity index is 1.84. The summed E-state index contributed by atoms with van der Waals surface area (Å²) in [4.78, 5) is 13.0. The quantitative estimate of drug-likeness (QED) is 0.792. The van der Waals surface area contributed by atoms with Gasteiger partial charge in [0.15, 0.2) is 0 Å². The largest absolute Gasteiger partial charge is 0.344 e. The van der Waals surface area contributed by atoms with Gasteiger partial charge >= 0.3 is 0 Å². The first kappa shape index (κ1) is 14.4. The van der Waals surface area contributed by atoms with E-state index in [2.05, 4.69) is 31.3 Å². The van der Waals surface area contributed by atoms with E-state index in [0.29, 0.717) is 12.0 Å². The Morgan fingerprint density at radius 2 is 1.79 bits per heavy atom.